The molecular formula is C15H29N3S. The van der Waals surface area contributed by atoms with Crippen molar-refractivity contribution in [3.05, 3.63) is 10.6 Å². The third-order valence-electron chi connectivity index (χ3n) is 3.12. The molecule has 0 atom stereocenters. The average molecular weight is 283 g/mol. The Hall–Kier alpha value is -0.610. The van der Waals surface area contributed by atoms with Crippen molar-refractivity contribution in [2.75, 3.05) is 24.5 Å². The van der Waals surface area contributed by atoms with E-state index in [2.05, 4.69) is 44.8 Å². The third kappa shape index (κ3) is 4.77. The lowest BCUT2D eigenvalue weighted by Gasteiger charge is -2.18. The van der Waals surface area contributed by atoms with Gasteiger partial charge >= 0.3 is 0 Å². The molecule has 0 unspecified atom stereocenters. The van der Waals surface area contributed by atoms with Crippen LogP contribution < -0.4 is 10.2 Å². The first-order chi connectivity index (χ1) is 9.13. The lowest BCUT2D eigenvalue weighted by atomic mass is 10.1. The van der Waals surface area contributed by atoms with Crippen molar-refractivity contribution >= 4 is 16.5 Å². The molecule has 0 fully saturated rings. The van der Waals surface area contributed by atoms with E-state index in [9.17, 15) is 0 Å². The molecule has 1 aromatic heterocycles. The number of thiazole rings is 1. The van der Waals surface area contributed by atoms with E-state index < -0.39 is 0 Å². The fourth-order valence-corrected chi connectivity index (χ4v) is 3.38. The van der Waals surface area contributed by atoms with E-state index >= 15 is 0 Å². The van der Waals surface area contributed by atoms with E-state index in [-0.39, 0.29) is 0 Å². The molecule has 1 N–H and O–H groups in total. The molecule has 1 rings (SSSR count). The molecule has 1 heterocycles. The van der Waals surface area contributed by atoms with Gasteiger partial charge in [0.15, 0.2) is 5.13 Å². The molecule has 110 valence electrons. The first-order valence-electron chi connectivity index (χ1n) is 7.59. The van der Waals surface area contributed by atoms with Crippen LogP contribution in [0.2, 0.25) is 0 Å². The minimum atomic E-state index is 0.503. The van der Waals surface area contributed by atoms with Crippen molar-refractivity contribution < 1.29 is 0 Å². The number of nitrogens with one attached hydrogen (secondary N) is 1. The first kappa shape index (κ1) is 16.4. The summed E-state index contributed by atoms with van der Waals surface area (Å²) in [7, 11) is 0. The van der Waals surface area contributed by atoms with Crippen molar-refractivity contribution in [2.24, 2.45) is 0 Å². The highest BCUT2D eigenvalue weighted by Gasteiger charge is 2.16. The van der Waals surface area contributed by atoms with Gasteiger partial charge < -0.3 is 10.2 Å². The maximum atomic E-state index is 4.88. The molecule has 0 aliphatic carbocycles. The van der Waals surface area contributed by atoms with Gasteiger partial charge in [0.1, 0.15) is 0 Å². The van der Waals surface area contributed by atoms with Gasteiger partial charge in [-0.2, -0.15) is 0 Å². The molecule has 0 spiro atoms. The average Bonchev–Trinajstić information content (AvgIpc) is 2.80. The summed E-state index contributed by atoms with van der Waals surface area (Å²) in [5, 5.41) is 4.70. The second-order valence-electron chi connectivity index (χ2n) is 5.22. The number of hydrogen-bond acceptors (Lipinski definition) is 4. The van der Waals surface area contributed by atoms with Gasteiger partial charge in [0.25, 0.3) is 0 Å². The van der Waals surface area contributed by atoms with Crippen LogP contribution in [0.15, 0.2) is 0 Å². The molecular weight excluding hydrogens is 254 g/mol. The highest BCUT2D eigenvalue weighted by molar-refractivity contribution is 7.15. The smallest absolute Gasteiger partial charge is 0.185 e. The normalized spacial score (nSPS) is 11.3. The molecule has 1 aromatic rings. The van der Waals surface area contributed by atoms with Gasteiger partial charge in [-0.3, -0.25) is 0 Å². The number of hydrogen-bond donors (Lipinski definition) is 1. The van der Waals surface area contributed by atoms with Crippen molar-refractivity contribution in [2.45, 2.75) is 59.9 Å². The van der Waals surface area contributed by atoms with Crippen LogP contribution in [0.5, 0.6) is 0 Å². The van der Waals surface area contributed by atoms with Gasteiger partial charge in [0.05, 0.1) is 5.69 Å². The molecule has 0 bridgehead atoms. The molecule has 0 aromatic carbocycles. The van der Waals surface area contributed by atoms with Crippen LogP contribution in [0.1, 0.15) is 63.9 Å². The standard InChI is InChI=1S/C15H29N3S/c1-6-9-16-11-13-14(12(4)5)17-15(19-13)18(8-3)10-7-2/h12,16H,6-11H2,1-5H3. The highest BCUT2D eigenvalue weighted by Crippen LogP contribution is 2.30. The largest absolute Gasteiger partial charge is 0.348 e. The Kier molecular flexibility index (Phi) is 7.39. The SMILES string of the molecule is CCCNCc1sc(N(CC)CCC)nc1C(C)C. The van der Waals surface area contributed by atoms with Gasteiger partial charge in [-0.25, -0.2) is 4.98 Å². The van der Waals surface area contributed by atoms with Gasteiger partial charge in [-0.1, -0.05) is 27.7 Å². The zero-order valence-corrected chi connectivity index (χ0v) is 13.9. The lowest BCUT2D eigenvalue weighted by Crippen LogP contribution is -2.23. The summed E-state index contributed by atoms with van der Waals surface area (Å²) in [6.07, 6.45) is 2.35. The minimum Gasteiger partial charge on any atom is -0.348 e. The highest BCUT2D eigenvalue weighted by atomic mass is 32.1. The second kappa shape index (κ2) is 8.54. The summed E-state index contributed by atoms with van der Waals surface area (Å²) < 4.78 is 0. The topological polar surface area (TPSA) is 28.2 Å². The van der Waals surface area contributed by atoms with Crippen LogP contribution in [0.3, 0.4) is 0 Å². The molecule has 19 heavy (non-hydrogen) atoms. The molecule has 0 aliphatic heterocycles. The zero-order valence-electron chi connectivity index (χ0n) is 13.1. The first-order valence-corrected chi connectivity index (χ1v) is 8.40. The molecule has 0 radical (unpaired) electrons. The monoisotopic (exact) mass is 283 g/mol. The fraction of sp³-hybridized carbons (Fsp3) is 0.800. The Balaban J connectivity index is 2.86. The van der Waals surface area contributed by atoms with Gasteiger partial charge in [-0.15, -0.1) is 11.3 Å². The van der Waals surface area contributed by atoms with Crippen molar-refractivity contribution in [3.8, 4) is 0 Å². The Morgan fingerprint density at radius 2 is 1.95 bits per heavy atom. The number of nitrogens with zero attached hydrogens (tertiary/aromatic N) is 2. The summed E-state index contributed by atoms with van der Waals surface area (Å²) in [4.78, 5) is 8.68. The zero-order chi connectivity index (χ0) is 14.3. The molecule has 0 saturated carbocycles. The Labute approximate surface area is 122 Å². The summed E-state index contributed by atoms with van der Waals surface area (Å²) >= 11 is 1.86. The Bertz CT molecular complexity index is 360. The molecule has 0 amide bonds. The van der Waals surface area contributed by atoms with Crippen LogP contribution in [0, 0.1) is 0 Å². The van der Waals surface area contributed by atoms with Crippen LogP contribution >= 0.6 is 11.3 Å². The number of rotatable bonds is 9. The molecule has 0 saturated heterocycles. The predicted molar refractivity (Wildman–Crippen MR) is 86.4 cm³/mol. The van der Waals surface area contributed by atoms with Crippen molar-refractivity contribution in [1.82, 2.24) is 10.3 Å². The summed E-state index contributed by atoms with van der Waals surface area (Å²) in [5.41, 5.74) is 1.28. The van der Waals surface area contributed by atoms with Crippen LogP contribution in [-0.2, 0) is 6.54 Å². The van der Waals surface area contributed by atoms with Crippen LogP contribution in [0.4, 0.5) is 5.13 Å². The minimum absolute atomic E-state index is 0.503. The van der Waals surface area contributed by atoms with E-state index in [4.69, 9.17) is 4.98 Å². The van der Waals surface area contributed by atoms with E-state index in [0.717, 1.165) is 26.2 Å². The van der Waals surface area contributed by atoms with E-state index in [1.54, 1.807) is 0 Å². The van der Waals surface area contributed by atoms with E-state index in [1.165, 1.54) is 28.5 Å². The quantitative estimate of drug-likeness (QED) is 0.694. The molecule has 4 heteroatoms. The predicted octanol–water partition coefficient (Wildman–Crippen LogP) is 4.00. The number of anilines is 1. The fourth-order valence-electron chi connectivity index (χ4n) is 2.10. The van der Waals surface area contributed by atoms with Gasteiger partial charge in [0, 0.05) is 24.5 Å². The summed E-state index contributed by atoms with van der Waals surface area (Å²) in [5.74, 6) is 0.503. The van der Waals surface area contributed by atoms with Gasteiger partial charge in [-0.05, 0) is 32.2 Å². The molecule has 3 nitrogen and oxygen atoms in total. The maximum absolute atomic E-state index is 4.88. The Morgan fingerprint density at radius 1 is 1.21 bits per heavy atom. The summed E-state index contributed by atoms with van der Waals surface area (Å²) in [6, 6.07) is 0. The number of aromatic nitrogens is 1. The van der Waals surface area contributed by atoms with Crippen molar-refractivity contribution in [1.29, 1.82) is 0 Å². The summed E-state index contributed by atoms with van der Waals surface area (Å²) in [6.45, 7) is 15.3. The lowest BCUT2D eigenvalue weighted by molar-refractivity contribution is 0.670. The van der Waals surface area contributed by atoms with Crippen molar-refractivity contribution in [3.63, 3.8) is 0 Å². The van der Waals surface area contributed by atoms with Crippen LogP contribution in [-0.4, -0.2) is 24.6 Å². The Morgan fingerprint density at radius 3 is 2.47 bits per heavy atom. The maximum Gasteiger partial charge on any atom is 0.185 e. The van der Waals surface area contributed by atoms with E-state index in [1.807, 2.05) is 11.3 Å². The third-order valence-corrected chi connectivity index (χ3v) is 4.25. The van der Waals surface area contributed by atoms with E-state index in [0.29, 0.717) is 5.92 Å². The van der Waals surface area contributed by atoms with Crippen LogP contribution in [0.25, 0.3) is 0 Å². The second-order valence-corrected chi connectivity index (χ2v) is 6.28. The molecule has 0 aliphatic rings. The van der Waals surface area contributed by atoms with Gasteiger partial charge in [0.2, 0.25) is 0 Å².